The van der Waals surface area contributed by atoms with E-state index in [1.54, 1.807) is 6.92 Å². The van der Waals surface area contributed by atoms with Gasteiger partial charge in [0, 0.05) is 12.3 Å². The number of halogens is 3. The molecule has 30 heavy (non-hydrogen) atoms. The summed E-state index contributed by atoms with van der Waals surface area (Å²) >= 11 is 0. The Kier molecular flexibility index (Phi) is 20.0. The number of carbonyl (C=O) groups is 1. The highest BCUT2D eigenvalue weighted by Crippen LogP contribution is 2.24. The van der Waals surface area contributed by atoms with Crippen molar-refractivity contribution in [3.05, 3.63) is 0 Å². The summed E-state index contributed by atoms with van der Waals surface area (Å²) < 4.78 is 36.2. The third-order valence-corrected chi connectivity index (χ3v) is 6.24. The van der Waals surface area contributed by atoms with Crippen LogP contribution in [0.4, 0.5) is 13.2 Å². The van der Waals surface area contributed by atoms with Crippen LogP contribution >= 0.6 is 0 Å². The lowest BCUT2D eigenvalue weighted by Gasteiger charge is -2.13. The van der Waals surface area contributed by atoms with Gasteiger partial charge in [-0.05, 0) is 26.2 Å². The maximum Gasteiger partial charge on any atom is 0.389 e. The van der Waals surface area contributed by atoms with Crippen molar-refractivity contribution in [2.45, 2.75) is 155 Å². The number of hydrogen-bond acceptors (Lipinski definition) is 1. The van der Waals surface area contributed by atoms with E-state index in [0.717, 1.165) is 44.9 Å². The summed E-state index contributed by atoms with van der Waals surface area (Å²) in [6.07, 6.45) is 18.1. The van der Waals surface area contributed by atoms with E-state index in [2.05, 4.69) is 6.92 Å². The third kappa shape index (κ3) is 22.2. The predicted molar refractivity (Wildman–Crippen MR) is 123 cm³/mol. The fraction of sp³-hybridized carbons (Fsp3) is 0.962. The molecular weight excluding hydrogens is 385 g/mol. The van der Waals surface area contributed by atoms with Gasteiger partial charge in [-0.1, -0.05) is 116 Å². The Hall–Kier alpha value is -0.540. The normalized spacial score (nSPS) is 13.0. The SMILES string of the molecule is CCCCCCCCCCCCCC(CCCCCCCCCC(F)(F)F)C(C)=O. The molecule has 0 aliphatic heterocycles. The summed E-state index contributed by atoms with van der Waals surface area (Å²) in [5, 5.41) is 0. The van der Waals surface area contributed by atoms with Gasteiger partial charge in [0.1, 0.15) is 5.78 Å². The van der Waals surface area contributed by atoms with Crippen LogP contribution in [0.2, 0.25) is 0 Å². The zero-order valence-electron chi connectivity index (χ0n) is 20.0. The highest BCUT2D eigenvalue weighted by atomic mass is 19.4. The highest BCUT2D eigenvalue weighted by Gasteiger charge is 2.25. The average molecular weight is 435 g/mol. The molecule has 0 N–H and O–H groups in total. The van der Waals surface area contributed by atoms with Crippen LogP contribution < -0.4 is 0 Å². The molecule has 0 fully saturated rings. The number of alkyl halides is 3. The van der Waals surface area contributed by atoms with Crippen molar-refractivity contribution in [1.82, 2.24) is 0 Å². The lowest BCUT2D eigenvalue weighted by atomic mass is 9.91. The van der Waals surface area contributed by atoms with Gasteiger partial charge in [0.25, 0.3) is 0 Å². The molecule has 0 aromatic carbocycles. The second-order valence-corrected chi connectivity index (χ2v) is 9.26. The molecule has 0 spiro atoms. The first-order chi connectivity index (χ1) is 14.4. The topological polar surface area (TPSA) is 17.1 Å². The van der Waals surface area contributed by atoms with Crippen molar-refractivity contribution in [3.8, 4) is 0 Å². The van der Waals surface area contributed by atoms with Gasteiger partial charge in [-0.2, -0.15) is 13.2 Å². The van der Waals surface area contributed by atoms with Crippen LogP contribution in [-0.4, -0.2) is 12.0 Å². The summed E-state index contributed by atoms with van der Waals surface area (Å²) in [6, 6.07) is 0. The molecule has 0 aromatic rings. The van der Waals surface area contributed by atoms with Crippen LogP contribution in [0.3, 0.4) is 0 Å². The van der Waals surface area contributed by atoms with Crippen molar-refractivity contribution in [2.24, 2.45) is 5.92 Å². The zero-order valence-corrected chi connectivity index (χ0v) is 20.0. The minimum Gasteiger partial charge on any atom is -0.300 e. The van der Waals surface area contributed by atoms with E-state index in [1.807, 2.05) is 0 Å². The summed E-state index contributed by atoms with van der Waals surface area (Å²) in [7, 11) is 0. The van der Waals surface area contributed by atoms with Crippen LogP contribution in [-0.2, 0) is 4.79 Å². The minimum absolute atomic E-state index is 0.218. The molecule has 1 unspecified atom stereocenters. The lowest BCUT2D eigenvalue weighted by molar-refractivity contribution is -0.135. The molecular formula is C26H49F3O. The molecule has 4 heteroatoms. The molecule has 0 radical (unpaired) electrons. The second kappa shape index (κ2) is 20.4. The van der Waals surface area contributed by atoms with E-state index in [9.17, 15) is 18.0 Å². The van der Waals surface area contributed by atoms with Crippen molar-refractivity contribution in [2.75, 3.05) is 0 Å². The van der Waals surface area contributed by atoms with E-state index >= 15 is 0 Å². The Morgan fingerprint density at radius 3 is 1.27 bits per heavy atom. The Morgan fingerprint density at radius 1 is 0.600 bits per heavy atom. The standard InChI is InChI=1S/C26H49F3O/c1-3-4-5-6-7-8-9-10-12-15-18-21-25(24(2)30)22-19-16-13-11-14-17-20-23-26(27,28)29/h25H,3-23H2,1-2H3. The molecule has 180 valence electrons. The summed E-state index contributed by atoms with van der Waals surface area (Å²) in [5.41, 5.74) is 0. The number of carbonyl (C=O) groups excluding carboxylic acids is 1. The molecule has 0 bridgehead atoms. The molecule has 0 heterocycles. The van der Waals surface area contributed by atoms with Gasteiger partial charge in [-0.15, -0.1) is 0 Å². The van der Waals surface area contributed by atoms with E-state index in [-0.39, 0.29) is 12.3 Å². The molecule has 0 aromatic heterocycles. The number of ketones is 1. The maximum absolute atomic E-state index is 12.1. The lowest BCUT2D eigenvalue weighted by Crippen LogP contribution is -2.11. The fourth-order valence-corrected chi connectivity index (χ4v) is 4.21. The van der Waals surface area contributed by atoms with Crippen LogP contribution in [0.1, 0.15) is 149 Å². The van der Waals surface area contributed by atoms with Crippen molar-refractivity contribution in [3.63, 3.8) is 0 Å². The van der Waals surface area contributed by atoms with Crippen LogP contribution in [0.5, 0.6) is 0 Å². The Bertz CT molecular complexity index is 379. The van der Waals surface area contributed by atoms with Crippen LogP contribution in [0, 0.1) is 5.92 Å². The maximum atomic E-state index is 12.1. The highest BCUT2D eigenvalue weighted by molar-refractivity contribution is 5.78. The first kappa shape index (κ1) is 29.5. The number of hydrogen-bond donors (Lipinski definition) is 0. The van der Waals surface area contributed by atoms with E-state index in [0.29, 0.717) is 12.2 Å². The van der Waals surface area contributed by atoms with Gasteiger partial charge in [-0.3, -0.25) is 4.79 Å². The summed E-state index contributed by atoms with van der Waals surface area (Å²) in [5.74, 6) is 0.546. The molecule has 0 saturated carbocycles. The fourth-order valence-electron chi connectivity index (χ4n) is 4.21. The largest absolute Gasteiger partial charge is 0.389 e. The van der Waals surface area contributed by atoms with Gasteiger partial charge in [-0.25, -0.2) is 0 Å². The van der Waals surface area contributed by atoms with E-state index in [4.69, 9.17) is 0 Å². The smallest absolute Gasteiger partial charge is 0.300 e. The first-order valence-electron chi connectivity index (χ1n) is 12.9. The molecule has 1 atom stereocenters. The number of unbranched alkanes of at least 4 members (excludes halogenated alkanes) is 16. The summed E-state index contributed by atoms with van der Waals surface area (Å²) in [4.78, 5) is 11.9. The number of rotatable bonds is 22. The Morgan fingerprint density at radius 2 is 0.933 bits per heavy atom. The monoisotopic (exact) mass is 434 g/mol. The molecule has 0 rings (SSSR count). The Balaban J connectivity index is 3.50. The molecule has 0 aliphatic carbocycles. The zero-order chi connectivity index (χ0) is 22.5. The minimum atomic E-state index is -4.00. The third-order valence-electron chi connectivity index (χ3n) is 6.24. The van der Waals surface area contributed by atoms with Crippen molar-refractivity contribution >= 4 is 5.78 Å². The van der Waals surface area contributed by atoms with Crippen LogP contribution in [0.15, 0.2) is 0 Å². The second-order valence-electron chi connectivity index (χ2n) is 9.26. The quantitative estimate of drug-likeness (QED) is 0.155. The molecule has 0 aliphatic rings. The molecule has 0 saturated heterocycles. The Labute approximate surface area is 185 Å². The van der Waals surface area contributed by atoms with E-state index in [1.165, 1.54) is 70.6 Å². The van der Waals surface area contributed by atoms with Gasteiger partial charge in [0.05, 0.1) is 0 Å². The molecule has 1 nitrogen and oxygen atoms in total. The summed E-state index contributed by atoms with van der Waals surface area (Å²) in [6.45, 7) is 3.98. The van der Waals surface area contributed by atoms with Gasteiger partial charge in [0.2, 0.25) is 0 Å². The van der Waals surface area contributed by atoms with E-state index < -0.39 is 12.6 Å². The first-order valence-corrected chi connectivity index (χ1v) is 12.9. The van der Waals surface area contributed by atoms with Crippen molar-refractivity contribution in [1.29, 1.82) is 0 Å². The van der Waals surface area contributed by atoms with Crippen LogP contribution in [0.25, 0.3) is 0 Å². The average Bonchev–Trinajstić information content (AvgIpc) is 2.68. The van der Waals surface area contributed by atoms with Crippen molar-refractivity contribution < 1.29 is 18.0 Å². The van der Waals surface area contributed by atoms with Gasteiger partial charge in [0.15, 0.2) is 0 Å². The van der Waals surface area contributed by atoms with Gasteiger partial charge >= 0.3 is 6.18 Å². The number of Topliss-reactive ketones (excluding diaryl/α,β-unsaturated/α-hetero) is 1. The van der Waals surface area contributed by atoms with Gasteiger partial charge < -0.3 is 0 Å². The molecule has 0 amide bonds. The predicted octanol–water partition coefficient (Wildman–Crippen LogP) is 9.97.